The van der Waals surface area contributed by atoms with Crippen molar-refractivity contribution in [2.45, 2.75) is 25.7 Å². The van der Waals surface area contributed by atoms with Crippen LogP contribution in [0.1, 0.15) is 31.2 Å². The van der Waals surface area contributed by atoms with Crippen LogP contribution in [0.4, 0.5) is 0 Å². The second-order valence-electron chi connectivity index (χ2n) is 4.86. The standard InChI is InChI=1S/C14H19BrO3/c1-9(7-16)11-5-13(17-2)14(6-12(11)15)18-8-10-3-4-10/h5-6,9-10,16H,3-4,7-8H2,1-2H3. The van der Waals surface area contributed by atoms with Crippen molar-refractivity contribution in [3.05, 3.63) is 22.2 Å². The molecule has 0 spiro atoms. The maximum atomic E-state index is 9.24. The van der Waals surface area contributed by atoms with E-state index in [0.717, 1.165) is 28.1 Å². The summed E-state index contributed by atoms with van der Waals surface area (Å²) in [6, 6.07) is 3.87. The van der Waals surface area contributed by atoms with Crippen molar-refractivity contribution in [3.8, 4) is 11.5 Å². The number of hydrogen-bond acceptors (Lipinski definition) is 3. The maximum absolute atomic E-state index is 9.24. The third kappa shape index (κ3) is 3.18. The Morgan fingerprint density at radius 1 is 1.39 bits per heavy atom. The average Bonchev–Trinajstić information content (AvgIpc) is 3.19. The number of aliphatic hydroxyl groups excluding tert-OH is 1. The SMILES string of the molecule is COc1cc(C(C)CO)c(Br)cc1OCC1CC1. The highest BCUT2D eigenvalue weighted by Crippen LogP contribution is 2.38. The van der Waals surface area contributed by atoms with E-state index in [2.05, 4.69) is 15.9 Å². The van der Waals surface area contributed by atoms with Crippen molar-refractivity contribution in [2.24, 2.45) is 5.92 Å². The van der Waals surface area contributed by atoms with Crippen LogP contribution in [0.3, 0.4) is 0 Å². The van der Waals surface area contributed by atoms with Crippen LogP contribution in [0, 0.1) is 5.92 Å². The average molecular weight is 315 g/mol. The van der Waals surface area contributed by atoms with Gasteiger partial charge < -0.3 is 14.6 Å². The Morgan fingerprint density at radius 2 is 2.11 bits per heavy atom. The minimum atomic E-state index is 0.0748. The molecule has 1 aliphatic rings. The normalized spacial score (nSPS) is 16.4. The molecule has 100 valence electrons. The van der Waals surface area contributed by atoms with Gasteiger partial charge in [-0.1, -0.05) is 22.9 Å². The molecule has 3 nitrogen and oxygen atoms in total. The van der Waals surface area contributed by atoms with Crippen molar-refractivity contribution in [3.63, 3.8) is 0 Å². The van der Waals surface area contributed by atoms with Gasteiger partial charge in [0.15, 0.2) is 11.5 Å². The van der Waals surface area contributed by atoms with E-state index in [0.29, 0.717) is 5.92 Å². The third-order valence-corrected chi connectivity index (χ3v) is 3.95. The fourth-order valence-electron chi connectivity index (χ4n) is 1.79. The molecule has 1 saturated carbocycles. The number of benzene rings is 1. The molecule has 0 aliphatic heterocycles. The zero-order valence-electron chi connectivity index (χ0n) is 10.8. The lowest BCUT2D eigenvalue weighted by atomic mass is 10.0. The first-order chi connectivity index (χ1) is 8.65. The van der Waals surface area contributed by atoms with Crippen molar-refractivity contribution in [1.82, 2.24) is 0 Å². The van der Waals surface area contributed by atoms with Gasteiger partial charge in [0.25, 0.3) is 0 Å². The molecule has 1 aliphatic carbocycles. The summed E-state index contributed by atoms with van der Waals surface area (Å²) < 4.78 is 12.1. The monoisotopic (exact) mass is 314 g/mol. The summed E-state index contributed by atoms with van der Waals surface area (Å²) in [5, 5.41) is 9.24. The van der Waals surface area contributed by atoms with E-state index in [1.807, 2.05) is 19.1 Å². The van der Waals surface area contributed by atoms with Gasteiger partial charge in [0.1, 0.15) is 0 Å². The molecule has 18 heavy (non-hydrogen) atoms. The summed E-state index contributed by atoms with van der Waals surface area (Å²) in [5.74, 6) is 2.29. The number of ether oxygens (including phenoxy) is 2. The predicted octanol–water partition coefficient (Wildman–Crippen LogP) is 3.34. The molecule has 0 amide bonds. The van der Waals surface area contributed by atoms with Crippen LogP contribution in [0.25, 0.3) is 0 Å². The summed E-state index contributed by atoms with van der Waals surface area (Å²) >= 11 is 3.53. The van der Waals surface area contributed by atoms with E-state index in [9.17, 15) is 5.11 Å². The highest BCUT2D eigenvalue weighted by Gasteiger charge is 2.23. The number of aliphatic hydroxyl groups is 1. The van der Waals surface area contributed by atoms with Gasteiger partial charge in [-0.3, -0.25) is 0 Å². The molecule has 1 atom stereocenters. The van der Waals surface area contributed by atoms with Crippen molar-refractivity contribution in [2.75, 3.05) is 20.3 Å². The Balaban J connectivity index is 2.20. The molecule has 0 bridgehead atoms. The first kappa shape index (κ1) is 13.7. The molecule has 1 fully saturated rings. The van der Waals surface area contributed by atoms with Crippen molar-refractivity contribution < 1.29 is 14.6 Å². The van der Waals surface area contributed by atoms with Gasteiger partial charge in [0.05, 0.1) is 13.7 Å². The van der Waals surface area contributed by atoms with Crippen LogP contribution >= 0.6 is 15.9 Å². The summed E-state index contributed by atoms with van der Waals surface area (Å²) in [6.07, 6.45) is 2.53. The van der Waals surface area contributed by atoms with Gasteiger partial charge in [0.2, 0.25) is 0 Å². The fourth-order valence-corrected chi connectivity index (χ4v) is 2.50. The largest absolute Gasteiger partial charge is 0.493 e. The van der Waals surface area contributed by atoms with Gasteiger partial charge in [-0.05, 0) is 36.5 Å². The Kier molecular flexibility index (Phi) is 4.51. The molecule has 1 aromatic rings. The van der Waals surface area contributed by atoms with E-state index in [1.165, 1.54) is 12.8 Å². The number of halogens is 1. The van der Waals surface area contributed by atoms with E-state index >= 15 is 0 Å². The maximum Gasteiger partial charge on any atom is 0.162 e. The van der Waals surface area contributed by atoms with Gasteiger partial charge in [0, 0.05) is 17.0 Å². The predicted molar refractivity (Wildman–Crippen MR) is 74.4 cm³/mol. The van der Waals surface area contributed by atoms with Crippen LogP contribution in [0.5, 0.6) is 11.5 Å². The number of rotatable bonds is 6. The second-order valence-corrected chi connectivity index (χ2v) is 5.72. The highest BCUT2D eigenvalue weighted by molar-refractivity contribution is 9.10. The van der Waals surface area contributed by atoms with Gasteiger partial charge in [-0.15, -0.1) is 0 Å². The number of methoxy groups -OCH3 is 1. The topological polar surface area (TPSA) is 38.7 Å². The van der Waals surface area contributed by atoms with E-state index in [4.69, 9.17) is 9.47 Å². The van der Waals surface area contributed by atoms with Crippen LogP contribution in [-0.4, -0.2) is 25.4 Å². The Morgan fingerprint density at radius 3 is 2.67 bits per heavy atom. The van der Waals surface area contributed by atoms with Crippen LogP contribution < -0.4 is 9.47 Å². The first-order valence-electron chi connectivity index (χ1n) is 6.26. The zero-order valence-corrected chi connectivity index (χ0v) is 12.4. The van der Waals surface area contributed by atoms with Crippen LogP contribution in [0.2, 0.25) is 0 Å². The summed E-state index contributed by atoms with van der Waals surface area (Å²) in [4.78, 5) is 0. The minimum Gasteiger partial charge on any atom is -0.493 e. The molecule has 0 radical (unpaired) electrons. The molecule has 0 saturated heterocycles. The second kappa shape index (κ2) is 5.93. The lowest BCUT2D eigenvalue weighted by molar-refractivity contribution is 0.269. The Bertz CT molecular complexity index is 416. The third-order valence-electron chi connectivity index (χ3n) is 3.26. The molecule has 2 rings (SSSR count). The lowest BCUT2D eigenvalue weighted by Crippen LogP contribution is -2.04. The molecule has 0 aromatic heterocycles. The summed E-state index contributed by atoms with van der Waals surface area (Å²) in [6.45, 7) is 2.85. The van der Waals surface area contributed by atoms with E-state index < -0.39 is 0 Å². The van der Waals surface area contributed by atoms with E-state index in [1.54, 1.807) is 7.11 Å². The van der Waals surface area contributed by atoms with Crippen LogP contribution in [-0.2, 0) is 0 Å². The van der Waals surface area contributed by atoms with Crippen molar-refractivity contribution in [1.29, 1.82) is 0 Å². The van der Waals surface area contributed by atoms with Gasteiger partial charge in [-0.25, -0.2) is 0 Å². The number of hydrogen-bond donors (Lipinski definition) is 1. The molecular weight excluding hydrogens is 296 g/mol. The Labute approximate surface area is 116 Å². The lowest BCUT2D eigenvalue weighted by Gasteiger charge is -2.16. The highest BCUT2D eigenvalue weighted by atomic mass is 79.9. The molecular formula is C14H19BrO3. The first-order valence-corrected chi connectivity index (χ1v) is 7.06. The van der Waals surface area contributed by atoms with Crippen molar-refractivity contribution >= 4 is 15.9 Å². The molecule has 1 unspecified atom stereocenters. The van der Waals surface area contributed by atoms with Gasteiger partial charge in [-0.2, -0.15) is 0 Å². The minimum absolute atomic E-state index is 0.0748. The zero-order chi connectivity index (χ0) is 13.1. The van der Waals surface area contributed by atoms with Crippen LogP contribution in [0.15, 0.2) is 16.6 Å². The smallest absolute Gasteiger partial charge is 0.162 e. The molecule has 4 heteroatoms. The molecule has 1 aromatic carbocycles. The quantitative estimate of drug-likeness (QED) is 0.875. The fraction of sp³-hybridized carbons (Fsp3) is 0.571. The Hall–Kier alpha value is -0.740. The van der Waals surface area contributed by atoms with Gasteiger partial charge >= 0.3 is 0 Å². The summed E-state index contributed by atoms with van der Waals surface area (Å²) in [7, 11) is 1.64. The molecule has 0 heterocycles. The summed E-state index contributed by atoms with van der Waals surface area (Å²) in [5.41, 5.74) is 1.04. The molecule has 1 N–H and O–H groups in total. The van der Waals surface area contributed by atoms with E-state index in [-0.39, 0.29) is 12.5 Å².